The third kappa shape index (κ3) is 2.47. The summed E-state index contributed by atoms with van der Waals surface area (Å²) in [5, 5.41) is 0. The lowest BCUT2D eigenvalue weighted by atomic mass is 10.1. The Morgan fingerprint density at radius 1 is 1.42 bits per heavy atom. The third-order valence-electron chi connectivity index (χ3n) is 1.64. The van der Waals surface area contributed by atoms with Gasteiger partial charge in [0.25, 0.3) is 0 Å². The summed E-state index contributed by atoms with van der Waals surface area (Å²) in [6, 6.07) is 4.74. The molecule has 1 nitrogen and oxygen atoms in total. The van der Waals surface area contributed by atoms with Crippen LogP contribution in [0.3, 0.4) is 0 Å². The van der Waals surface area contributed by atoms with Gasteiger partial charge >= 0.3 is 0 Å². The SMILES string of the molecule is Cc1ccc(F)c([C@H](C)N)c1.Cl. The summed E-state index contributed by atoms with van der Waals surface area (Å²) < 4.78 is 12.9. The predicted molar refractivity (Wildman–Crippen MR) is 51.0 cm³/mol. The molecule has 0 aliphatic heterocycles. The fourth-order valence-electron chi connectivity index (χ4n) is 1.01. The van der Waals surface area contributed by atoms with Crippen LogP contribution in [0.5, 0.6) is 0 Å². The molecule has 0 spiro atoms. The highest BCUT2D eigenvalue weighted by atomic mass is 35.5. The van der Waals surface area contributed by atoms with Crippen molar-refractivity contribution in [2.75, 3.05) is 0 Å². The molecular weight excluding hydrogens is 177 g/mol. The van der Waals surface area contributed by atoms with Crippen molar-refractivity contribution < 1.29 is 4.39 Å². The molecule has 0 amide bonds. The van der Waals surface area contributed by atoms with Crippen molar-refractivity contribution in [1.29, 1.82) is 0 Å². The molecule has 0 radical (unpaired) electrons. The van der Waals surface area contributed by atoms with E-state index >= 15 is 0 Å². The molecule has 1 rings (SSSR count). The molecule has 0 aromatic heterocycles. The normalized spacial score (nSPS) is 12.0. The van der Waals surface area contributed by atoms with Crippen LogP contribution in [0.25, 0.3) is 0 Å². The fraction of sp³-hybridized carbons (Fsp3) is 0.333. The van der Waals surface area contributed by atoms with Crippen molar-refractivity contribution >= 4 is 12.4 Å². The van der Waals surface area contributed by atoms with Crippen molar-refractivity contribution in [2.45, 2.75) is 19.9 Å². The van der Waals surface area contributed by atoms with Crippen LogP contribution in [0.15, 0.2) is 18.2 Å². The van der Waals surface area contributed by atoms with Crippen LogP contribution in [-0.2, 0) is 0 Å². The van der Waals surface area contributed by atoms with Crippen molar-refractivity contribution in [1.82, 2.24) is 0 Å². The van der Waals surface area contributed by atoms with Gasteiger partial charge in [-0.3, -0.25) is 0 Å². The van der Waals surface area contributed by atoms with Crippen molar-refractivity contribution in [3.05, 3.63) is 35.1 Å². The molecule has 2 N–H and O–H groups in total. The lowest BCUT2D eigenvalue weighted by molar-refractivity contribution is 0.593. The Hall–Kier alpha value is -0.600. The number of nitrogens with two attached hydrogens (primary N) is 1. The molecule has 12 heavy (non-hydrogen) atoms. The zero-order valence-electron chi connectivity index (χ0n) is 7.17. The standard InChI is InChI=1S/C9H12FN.ClH/c1-6-3-4-9(10)8(5-6)7(2)11;/h3-5,7H,11H2,1-2H3;1H/t7-;/m0./s1. The van der Waals surface area contributed by atoms with Crippen LogP contribution in [-0.4, -0.2) is 0 Å². The summed E-state index contributed by atoms with van der Waals surface area (Å²) in [4.78, 5) is 0. The summed E-state index contributed by atoms with van der Waals surface area (Å²) in [5.74, 6) is -0.217. The van der Waals surface area contributed by atoms with E-state index in [0.29, 0.717) is 5.56 Å². The molecule has 0 saturated carbocycles. The van der Waals surface area contributed by atoms with Crippen LogP contribution in [0.2, 0.25) is 0 Å². The molecule has 68 valence electrons. The molecular formula is C9H13ClFN. The zero-order valence-corrected chi connectivity index (χ0v) is 7.99. The Morgan fingerprint density at radius 3 is 2.42 bits per heavy atom. The molecule has 0 fully saturated rings. The van der Waals surface area contributed by atoms with E-state index in [1.54, 1.807) is 19.1 Å². The van der Waals surface area contributed by atoms with Gasteiger partial charge in [-0.05, 0) is 19.9 Å². The highest BCUT2D eigenvalue weighted by Gasteiger charge is 2.05. The number of hydrogen-bond donors (Lipinski definition) is 1. The number of aryl methyl sites for hydroxylation is 1. The van der Waals surface area contributed by atoms with Crippen LogP contribution in [0, 0.1) is 12.7 Å². The summed E-state index contributed by atoms with van der Waals surface area (Å²) >= 11 is 0. The van der Waals surface area contributed by atoms with Crippen LogP contribution >= 0.6 is 12.4 Å². The van der Waals surface area contributed by atoms with Crippen molar-refractivity contribution in [3.63, 3.8) is 0 Å². The Bertz CT molecular complexity index is 261. The molecule has 0 unspecified atom stereocenters. The van der Waals surface area contributed by atoms with Crippen molar-refractivity contribution in [2.24, 2.45) is 5.73 Å². The second-order valence-corrected chi connectivity index (χ2v) is 2.81. The summed E-state index contributed by atoms with van der Waals surface area (Å²) in [6.07, 6.45) is 0. The van der Waals surface area contributed by atoms with Gasteiger partial charge < -0.3 is 5.73 Å². The van der Waals surface area contributed by atoms with Gasteiger partial charge in [-0.25, -0.2) is 4.39 Å². The van der Waals surface area contributed by atoms with Gasteiger partial charge in [0.1, 0.15) is 5.82 Å². The average molecular weight is 190 g/mol. The third-order valence-corrected chi connectivity index (χ3v) is 1.64. The predicted octanol–water partition coefficient (Wildman–Crippen LogP) is 2.58. The first kappa shape index (κ1) is 11.4. The number of benzene rings is 1. The molecule has 1 atom stereocenters. The number of rotatable bonds is 1. The monoisotopic (exact) mass is 189 g/mol. The highest BCUT2D eigenvalue weighted by molar-refractivity contribution is 5.85. The van der Waals surface area contributed by atoms with Gasteiger partial charge in [0.05, 0.1) is 0 Å². The topological polar surface area (TPSA) is 26.0 Å². The van der Waals surface area contributed by atoms with Crippen LogP contribution < -0.4 is 5.73 Å². The molecule has 3 heteroatoms. The minimum atomic E-state index is -0.227. The molecule has 0 aliphatic carbocycles. The summed E-state index contributed by atoms with van der Waals surface area (Å²) in [5.41, 5.74) is 7.17. The minimum absolute atomic E-state index is 0. The maximum Gasteiger partial charge on any atom is 0.127 e. The van der Waals surface area contributed by atoms with E-state index in [1.165, 1.54) is 6.07 Å². The molecule has 1 aromatic carbocycles. The minimum Gasteiger partial charge on any atom is -0.324 e. The van der Waals surface area contributed by atoms with E-state index < -0.39 is 0 Å². The summed E-state index contributed by atoms with van der Waals surface area (Å²) in [7, 11) is 0. The van der Waals surface area contributed by atoms with Crippen LogP contribution in [0.1, 0.15) is 24.1 Å². The zero-order chi connectivity index (χ0) is 8.43. The smallest absolute Gasteiger partial charge is 0.127 e. The first-order chi connectivity index (χ1) is 5.11. The van der Waals surface area contributed by atoms with Gasteiger partial charge in [-0.2, -0.15) is 0 Å². The van der Waals surface area contributed by atoms with E-state index in [-0.39, 0.29) is 24.3 Å². The lowest BCUT2D eigenvalue weighted by Crippen LogP contribution is -2.07. The Labute approximate surface area is 78.2 Å². The number of hydrogen-bond acceptors (Lipinski definition) is 1. The summed E-state index contributed by atoms with van der Waals surface area (Å²) in [6.45, 7) is 3.70. The lowest BCUT2D eigenvalue weighted by Gasteiger charge is -2.07. The largest absolute Gasteiger partial charge is 0.324 e. The van der Waals surface area contributed by atoms with Crippen molar-refractivity contribution in [3.8, 4) is 0 Å². The quantitative estimate of drug-likeness (QED) is 0.722. The first-order valence-electron chi connectivity index (χ1n) is 3.63. The Balaban J connectivity index is 0.00000121. The highest BCUT2D eigenvalue weighted by Crippen LogP contribution is 2.15. The Kier molecular flexibility index (Phi) is 4.21. The van der Waals surface area contributed by atoms with E-state index in [9.17, 15) is 4.39 Å². The molecule has 1 aromatic rings. The van der Waals surface area contributed by atoms with E-state index in [4.69, 9.17) is 5.73 Å². The fourth-order valence-corrected chi connectivity index (χ4v) is 1.01. The molecule has 0 bridgehead atoms. The Morgan fingerprint density at radius 2 is 2.00 bits per heavy atom. The molecule has 0 heterocycles. The van der Waals surface area contributed by atoms with Gasteiger partial charge in [-0.15, -0.1) is 12.4 Å². The maximum absolute atomic E-state index is 12.9. The average Bonchev–Trinajstić information content (AvgIpc) is 1.94. The van der Waals surface area contributed by atoms with E-state index in [0.717, 1.165) is 5.56 Å². The van der Waals surface area contributed by atoms with E-state index in [1.807, 2.05) is 6.92 Å². The second-order valence-electron chi connectivity index (χ2n) is 2.81. The number of halogens is 2. The molecule has 0 aliphatic rings. The second kappa shape index (κ2) is 4.43. The van der Waals surface area contributed by atoms with Crippen LogP contribution in [0.4, 0.5) is 4.39 Å². The van der Waals surface area contributed by atoms with E-state index in [2.05, 4.69) is 0 Å². The maximum atomic E-state index is 12.9. The molecule has 0 saturated heterocycles. The van der Waals surface area contributed by atoms with Gasteiger partial charge in [0.2, 0.25) is 0 Å². The van der Waals surface area contributed by atoms with Gasteiger partial charge in [0, 0.05) is 11.6 Å². The van der Waals surface area contributed by atoms with Gasteiger partial charge in [0.15, 0.2) is 0 Å². The van der Waals surface area contributed by atoms with Gasteiger partial charge in [-0.1, -0.05) is 17.7 Å². The first-order valence-corrected chi connectivity index (χ1v) is 3.63.